The molecule has 0 aromatic carbocycles. The first-order chi connectivity index (χ1) is 43.8. The summed E-state index contributed by atoms with van der Waals surface area (Å²) in [7, 11) is -3.66. The number of quaternary nitrogens is 1. The van der Waals surface area contributed by atoms with Crippen molar-refractivity contribution in [2.75, 3.05) is 47.4 Å². The lowest BCUT2D eigenvalue weighted by atomic mass is 10.1. The summed E-state index contributed by atoms with van der Waals surface area (Å²) in [6.45, 7) is -20.7. The number of hydrogen-bond acceptors (Lipinski definition) is 7. The van der Waals surface area contributed by atoms with Crippen LogP contribution in [0.5, 0.6) is 0 Å². The smallest absolute Gasteiger partial charge is 0.462 e. The van der Waals surface area contributed by atoms with E-state index in [0.717, 1.165) is 21.1 Å². The summed E-state index contributed by atoms with van der Waals surface area (Å²) in [6, 6.07) is 0. The van der Waals surface area contributed by atoms with Gasteiger partial charge in [-0.3, -0.25) is 18.6 Å². The van der Waals surface area contributed by atoms with Crippen molar-refractivity contribution in [3.8, 4) is 0 Å². The van der Waals surface area contributed by atoms with E-state index in [2.05, 4.69) is 18.5 Å². The highest BCUT2D eigenvalue weighted by Crippen LogP contribution is 2.43. The molecule has 0 heterocycles. The highest BCUT2D eigenvalue weighted by molar-refractivity contribution is 7.47. The summed E-state index contributed by atoms with van der Waals surface area (Å²) in [5.41, 5.74) is 0. The Labute approximate surface area is 364 Å². The molecule has 2 atom stereocenters. The molecule has 0 aliphatic carbocycles. The minimum Gasteiger partial charge on any atom is -0.462 e. The van der Waals surface area contributed by atoms with Gasteiger partial charge in [0.05, 0.1) is 33.2 Å². The Hall–Kier alpha value is -0.990. The molecule has 0 fully saturated rings. The van der Waals surface area contributed by atoms with Gasteiger partial charge in [0, 0.05) is 86.8 Å². The Balaban J connectivity index is 8.37. The molecule has 0 saturated heterocycles. The number of carbonyl (C=O) groups excluding carboxylic acids is 2. The van der Waals surface area contributed by atoms with E-state index >= 15 is 0 Å². The SMILES string of the molecule is [2H]C([2H])([2H])C([2H])([2H])C([2H])([2H])C([2H])([2H])C([2H])([2H])C([2H])([2H])C([2H])([2H])C([2H])([2H])C([2H])([2H])C([2H])([2H])C([2H])([2H])C([2H])([2H])C([2H])([2H])C(=O)OC[C@H](COP(=O)(O)OC([2H])([2H])C([2H])([2H])[N+](C)(C)C)OC(=O)C([2H])([2H])C([2H])([2H])C([2H])([2H])C([2H])([2H])C([2H])([2H])C([2H])([2H])C([2H])([2H])C([2H])([2H])C([2H])([2H])C([2H])([2H])C([2H])([2H])C([2H])([2H])C([2H])([2H])[2H]. The molecule has 0 spiro atoms. The first kappa shape index (κ1) is 8.38. The van der Waals surface area contributed by atoms with Crippen LogP contribution in [0.2, 0.25) is 0 Å². The fourth-order valence-electron chi connectivity index (χ4n) is 1.65. The van der Waals surface area contributed by atoms with Crippen molar-refractivity contribution in [1.82, 2.24) is 0 Å². The molecule has 0 aromatic rings. The Morgan fingerprint density at radius 2 is 1.07 bits per heavy atom. The average molecular weight is 737 g/mol. The number of ether oxygens (including phenoxy) is 2. The fourth-order valence-corrected chi connectivity index (χ4v) is 2.21. The number of likely N-dealkylation sites (N-methyl/N-ethyl adjacent to an activating group) is 1. The fraction of sp³-hybridized carbons (Fsp3) is 0.944. The standard InChI is InChI=1S/C36H72NO8P/c1-6-8-10-12-14-16-18-20-22-24-26-28-35(38)42-32-34(33-44-46(40,41)43-31-30-37(3,4)5)45-36(39)29-27-25-23-21-19-17-15-13-11-9-7-2/h34H,6-33H2,1-5H3/p+1/t34-/m1/s1/i1D3,2D3,6D2,7D2,8D2,9D2,10D2,11D2,12D2,13D2,14D2,15D2,16D2,17D2,18D2,19D2,20D2,21D2,22D2,23D2,24D2,25D2,26D2,27D2,28D2,29D2,30D2,31D2. The normalized spacial score (nSPS) is 41.1. The molecule has 0 bridgehead atoms. The van der Waals surface area contributed by atoms with Crippen LogP contribution in [0.3, 0.4) is 0 Å². The van der Waals surface area contributed by atoms with Crippen LogP contribution in [0.4, 0.5) is 0 Å². The van der Waals surface area contributed by atoms with Crippen LogP contribution in [0.25, 0.3) is 0 Å². The molecule has 0 amide bonds. The van der Waals surface area contributed by atoms with Gasteiger partial charge in [-0.1, -0.05) is 141 Å². The van der Waals surface area contributed by atoms with Crippen LogP contribution in [-0.2, 0) is 32.7 Å². The van der Waals surface area contributed by atoms with Crippen LogP contribution in [0, 0.1) is 0 Å². The van der Waals surface area contributed by atoms with Crippen molar-refractivity contribution in [3.63, 3.8) is 0 Å². The summed E-state index contributed by atoms with van der Waals surface area (Å²) >= 11 is 0. The third kappa shape index (κ3) is 32.9. The van der Waals surface area contributed by atoms with E-state index in [0.29, 0.717) is 0 Å². The Kier molecular flexibility index (Phi) is 5.48. The lowest BCUT2D eigenvalue weighted by Crippen LogP contribution is -2.37. The largest absolute Gasteiger partial charge is 0.472 e. The third-order valence-corrected chi connectivity index (χ3v) is 4.02. The van der Waals surface area contributed by atoms with Crippen molar-refractivity contribution >= 4 is 19.8 Å². The summed E-state index contributed by atoms with van der Waals surface area (Å²) in [4.78, 5) is 38.3. The molecule has 0 rings (SSSR count). The number of rotatable bonds is 34. The van der Waals surface area contributed by atoms with E-state index in [1.807, 2.05) is 0 Å². The van der Waals surface area contributed by atoms with Crippen molar-refractivity contribution in [2.24, 2.45) is 0 Å². The zero-order valence-electron chi connectivity index (χ0n) is 82.2. The molecule has 10 heteroatoms. The molecule has 0 aromatic heterocycles. The summed E-state index contributed by atoms with van der Waals surface area (Å²) in [6.07, 6.45) is -129. The monoisotopic (exact) mass is 737 g/mol. The van der Waals surface area contributed by atoms with E-state index in [4.69, 9.17) is 79.5 Å². The Morgan fingerprint density at radius 3 is 1.50 bits per heavy atom. The zero-order valence-corrected chi connectivity index (χ0v) is 25.1. The summed E-state index contributed by atoms with van der Waals surface area (Å²) in [5, 5.41) is 0. The molecule has 274 valence electrons. The van der Waals surface area contributed by atoms with Gasteiger partial charge in [-0.25, -0.2) is 4.57 Å². The van der Waals surface area contributed by atoms with Crippen LogP contribution in [0.1, 0.15) is 246 Å². The van der Waals surface area contributed by atoms with Crippen molar-refractivity contribution < 1.29 is 122 Å². The van der Waals surface area contributed by atoms with Gasteiger partial charge in [0.2, 0.25) is 0 Å². The summed E-state index contributed by atoms with van der Waals surface area (Å²) < 4.78 is 503. The van der Waals surface area contributed by atoms with Gasteiger partial charge < -0.3 is 18.9 Å². The number of phosphoric ester groups is 1. The van der Waals surface area contributed by atoms with Crippen molar-refractivity contribution in [2.45, 2.75) is 173 Å². The number of hydrogen-bond donors (Lipinski definition) is 1. The highest BCUT2D eigenvalue weighted by Gasteiger charge is 2.27. The topological polar surface area (TPSA) is 108 Å². The minimum absolute atomic E-state index is 0.927. The summed E-state index contributed by atoms with van der Waals surface area (Å²) in [5.74, 6) is -6.28. The van der Waals surface area contributed by atoms with Gasteiger partial charge in [-0.2, -0.15) is 0 Å². The first-order valence-corrected chi connectivity index (χ1v) is 13.2. The Bertz CT molecular complexity index is 3150. The van der Waals surface area contributed by atoms with Gasteiger partial charge in [0.25, 0.3) is 0 Å². The third-order valence-electron chi connectivity index (χ3n) is 3.22. The highest BCUT2D eigenvalue weighted by atomic mass is 31.2. The first-order valence-electron chi connectivity index (χ1n) is 40.7. The molecule has 1 unspecified atom stereocenters. The van der Waals surface area contributed by atoms with E-state index in [-0.39, 0.29) is 0 Å². The molecule has 0 aliphatic rings. The maximum absolute atomic E-state index is 13.9. The van der Waals surface area contributed by atoms with Gasteiger partial charge in [-0.15, -0.1) is 0 Å². The van der Waals surface area contributed by atoms with E-state index in [9.17, 15) is 19.0 Å². The van der Waals surface area contributed by atoms with Crippen LogP contribution in [-0.4, -0.2) is 74.8 Å². The molecular weight excluding hydrogens is 605 g/mol. The minimum atomic E-state index is -6.44. The number of carbonyl (C=O) groups is 2. The number of nitrogens with zero attached hydrogens (tertiary/aromatic N) is 1. The van der Waals surface area contributed by atoms with Gasteiger partial charge >= 0.3 is 19.8 Å². The molecule has 9 nitrogen and oxygen atoms in total. The molecule has 0 aliphatic heterocycles. The maximum Gasteiger partial charge on any atom is 0.472 e. The van der Waals surface area contributed by atoms with Gasteiger partial charge in [0.15, 0.2) is 6.10 Å². The predicted octanol–water partition coefficient (Wildman–Crippen LogP) is 9.68. The predicted molar refractivity (Wildman–Crippen MR) is 188 cm³/mol. The Morgan fingerprint density at radius 1 is 0.652 bits per heavy atom. The van der Waals surface area contributed by atoms with Crippen molar-refractivity contribution in [3.05, 3.63) is 0 Å². The second kappa shape index (κ2) is 30.1. The van der Waals surface area contributed by atoms with Crippen LogP contribution >= 0.6 is 7.82 Å². The van der Waals surface area contributed by atoms with E-state index in [1.165, 1.54) is 0 Å². The van der Waals surface area contributed by atoms with Crippen LogP contribution in [0.15, 0.2) is 0 Å². The second-order valence-electron chi connectivity index (χ2n) is 7.71. The second-order valence-corrected chi connectivity index (χ2v) is 9.09. The van der Waals surface area contributed by atoms with Gasteiger partial charge in [0.1, 0.15) is 19.7 Å². The van der Waals surface area contributed by atoms with Gasteiger partial charge in [-0.05, 0) is 12.7 Å². The van der Waals surface area contributed by atoms with Crippen molar-refractivity contribution in [1.29, 1.82) is 0 Å². The zero-order chi connectivity index (χ0) is 86.0. The average Bonchev–Trinajstić information content (AvgIpc) is 0.686. The molecule has 0 saturated carbocycles. The lowest BCUT2D eigenvalue weighted by molar-refractivity contribution is -0.870. The van der Waals surface area contributed by atoms with E-state index in [1.54, 1.807) is 0 Å². The number of esters is 2. The maximum atomic E-state index is 13.9. The lowest BCUT2D eigenvalue weighted by Gasteiger charge is -2.24. The van der Waals surface area contributed by atoms with Crippen LogP contribution < -0.4 is 0 Å². The van der Waals surface area contributed by atoms with E-state index < -0.39 is 223 Å². The molecule has 46 heavy (non-hydrogen) atoms. The molecule has 1 N–H and O–H groups in total. The molecular formula is C36H73NO8P+. The quantitative estimate of drug-likeness (QED) is 0.0395. The number of phosphoric acid groups is 1. The molecule has 0 radical (unpaired) electrons.